The zero-order chi connectivity index (χ0) is 29.1. The Morgan fingerprint density at radius 2 is 1.70 bits per heavy atom. The van der Waals surface area contributed by atoms with Crippen molar-refractivity contribution in [2.45, 2.75) is 63.2 Å². The Morgan fingerprint density at radius 3 is 2.33 bits per heavy atom. The molecule has 1 N–H and O–H groups in total. The molecule has 0 radical (unpaired) electrons. The number of rotatable bonds is 7. The molecule has 1 aliphatic heterocycles. The topological polar surface area (TPSA) is 124 Å². The number of likely N-dealkylation sites (tertiary alicyclic amines) is 1. The number of hydrogen-bond acceptors (Lipinski definition) is 8. The van der Waals surface area contributed by atoms with Crippen LogP contribution in [0.15, 0.2) is 59.5 Å². The number of aromatic nitrogens is 1. The van der Waals surface area contributed by atoms with Crippen LogP contribution in [0.5, 0.6) is 5.75 Å². The van der Waals surface area contributed by atoms with E-state index in [-0.39, 0.29) is 37.4 Å². The summed E-state index contributed by atoms with van der Waals surface area (Å²) in [6.45, 7) is 7.75. The number of methoxy groups -OCH3 is 1. The number of esters is 1. The Labute approximate surface area is 234 Å². The van der Waals surface area contributed by atoms with Crippen LogP contribution < -0.4 is 9.46 Å². The van der Waals surface area contributed by atoms with Crippen LogP contribution in [0.2, 0.25) is 0 Å². The van der Waals surface area contributed by atoms with E-state index in [0.29, 0.717) is 5.75 Å². The van der Waals surface area contributed by atoms with Gasteiger partial charge in [-0.3, -0.25) is 9.78 Å². The number of carbonyl (C=O) groups excluding carboxylic acids is 2. The fraction of sp³-hybridized carbons (Fsp3) is 0.414. The molecule has 0 unspecified atom stereocenters. The highest BCUT2D eigenvalue weighted by atomic mass is 32.2. The minimum absolute atomic E-state index is 0.0251. The number of benzene rings is 2. The zero-order valence-electron chi connectivity index (χ0n) is 23.4. The highest BCUT2D eigenvalue weighted by Crippen LogP contribution is 2.28. The molecule has 2 aromatic carbocycles. The third-order valence-corrected chi connectivity index (χ3v) is 8.19. The van der Waals surface area contributed by atoms with Gasteiger partial charge in [-0.15, -0.1) is 0 Å². The lowest BCUT2D eigenvalue weighted by Crippen LogP contribution is -2.61. The molecule has 4 rings (SSSR count). The first-order chi connectivity index (χ1) is 18.8. The Balaban J connectivity index is 1.45. The number of carbonyl (C=O) groups is 2. The number of aryl methyl sites for hydroxylation is 1. The second kappa shape index (κ2) is 11.4. The van der Waals surface area contributed by atoms with Gasteiger partial charge in [-0.05, 0) is 76.9 Å². The van der Waals surface area contributed by atoms with E-state index >= 15 is 0 Å². The van der Waals surface area contributed by atoms with Crippen molar-refractivity contribution in [2.24, 2.45) is 0 Å². The molecule has 1 fully saturated rings. The molecule has 0 bridgehead atoms. The SMILES string of the molecule is COC(=O)C1(NS(=O)(=O)c2ccc(OCc3cc(C)nc4ccccc34)cc2)CCN(C(=O)OC(C)(C)C)CC1. The van der Waals surface area contributed by atoms with Gasteiger partial charge in [0.2, 0.25) is 10.0 Å². The van der Waals surface area contributed by atoms with Crippen molar-refractivity contribution < 1.29 is 32.2 Å². The average molecular weight is 570 g/mol. The first-order valence-corrected chi connectivity index (χ1v) is 14.5. The average Bonchev–Trinajstić information content (AvgIpc) is 2.90. The molecule has 0 spiro atoms. The highest BCUT2D eigenvalue weighted by molar-refractivity contribution is 7.89. The molecule has 1 amide bonds. The Morgan fingerprint density at radius 1 is 1.05 bits per heavy atom. The largest absolute Gasteiger partial charge is 0.489 e. The minimum Gasteiger partial charge on any atom is -0.489 e. The third-order valence-electron chi connectivity index (χ3n) is 6.63. The first-order valence-electron chi connectivity index (χ1n) is 13.0. The third kappa shape index (κ3) is 6.71. The smallest absolute Gasteiger partial charge is 0.410 e. The number of piperidine rings is 1. The van der Waals surface area contributed by atoms with E-state index in [1.54, 1.807) is 32.9 Å². The summed E-state index contributed by atoms with van der Waals surface area (Å²) in [5.41, 5.74) is 0.545. The zero-order valence-corrected chi connectivity index (χ0v) is 24.2. The summed E-state index contributed by atoms with van der Waals surface area (Å²) in [5.74, 6) is -0.217. The fourth-order valence-corrected chi connectivity index (χ4v) is 6.06. The highest BCUT2D eigenvalue weighted by Gasteiger charge is 2.47. The minimum atomic E-state index is -4.11. The first kappa shape index (κ1) is 29.3. The van der Waals surface area contributed by atoms with Crippen molar-refractivity contribution in [3.8, 4) is 5.75 Å². The van der Waals surface area contributed by atoms with Crippen molar-refractivity contribution >= 4 is 33.0 Å². The molecule has 0 aliphatic carbocycles. The standard InChI is InChI=1S/C29H35N3O7S/c1-20-18-21(24-8-6-7-9-25(24)30-20)19-38-22-10-12-23(13-11-22)40(35,36)31-29(26(33)37-5)14-16-32(17-15-29)27(34)39-28(2,3)4/h6-13,18,31H,14-17,19H2,1-5H3. The van der Waals surface area contributed by atoms with Crippen molar-refractivity contribution in [3.63, 3.8) is 0 Å². The van der Waals surface area contributed by atoms with Crippen LogP contribution in [0.4, 0.5) is 4.79 Å². The van der Waals surface area contributed by atoms with Crippen LogP contribution in [-0.4, -0.2) is 61.7 Å². The molecule has 11 heteroatoms. The normalized spacial score (nSPS) is 15.5. The van der Waals surface area contributed by atoms with Gasteiger partial charge in [0, 0.05) is 29.7 Å². The van der Waals surface area contributed by atoms with Crippen LogP contribution in [-0.2, 0) is 30.9 Å². The predicted octanol–water partition coefficient (Wildman–Crippen LogP) is 4.34. The van der Waals surface area contributed by atoms with Gasteiger partial charge in [0.05, 0.1) is 17.5 Å². The number of nitrogens with zero attached hydrogens (tertiary/aromatic N) is 2. The molecule has 2 heterocycles. The van der Waals surface area contributed by atoms with E-state index < -0.39 is 33.2 Å². The molecule has 0 atom stereocenters. The second-order valence-corrected chi connectivity index (χ2v) is 12.5. The second-order valence-electron chi connectivity index (χ2n) is 10.8. The van der Waals surface area contributed by atoms with E-state index in [9.17, 15) is 18.0 Å². The van der Waals surface area contributed by atoms with E-state index in [4.69, 9.17) is 14.2 Å². The van der Waals surface area contributed by atoms with Gasteiger partial charge in [0.25, 0.3) is 0 Å². The summed E-state index contributed by atoms with van der Waals surface area (Å²) < 4.78 is 45.5. The quantitative estimate of drug-likeness (QED) is 0.417. The molecular formula is C29H35N3O7S. The van der Waals surface area contributed by atoms with Crippen molar-refractivity contribution in [3.05, 3.63) is 65.9 Å². The number of sulfonamides is 1. The van der Waals surface area contributed by atoms with Gasteiger partial charge >= 0.3 is 12.1 Å². The van der Waals surface area contributed by atoms with Crippen LogP contribution in [0, 0.1) is 6.92 Å². The van der Waals surface area contributed by atoms with Gasteiger partial charge in [0.1, 0.15) is 23.5 Å². The van der Waals surface area contributed by atoms with E-state index in [1.807, 2.05) is 37.3 Å². The maximum atomic E-state index is 13.3. The van der Waals surface area contributed by atoms with Gasteiger partial charge in [-0.25, -0.2) is 13.2 Å². The van der Waals surface area contributed by atoms with E-state index in [0.717, 1.165) is 22.2 Å². The summed E-state index contributed by atoms with van der Waals surface area (Å²) in [7, 11) is -2.90. The van der Waals surface area contributed by atoms with Crippen LogP contribution in [0.3, 0.4) is 0 Å². The van der Waals surface area contributed by atoms with Crippen LogP contribution in [0.25, 0.3) is 10.9 Å². The predicted molar refractivity (Wildman–Crippen MR) is 149 cm³/mol. The number of hydrogen-bond donors (Lipinski definition) is 1. The molecule has 1 saturated heterocycles. The molecule has 40 heavy (non-hydrogen) atoms. The lowest BCUT2D eigenvalue weighted by molar-refractivity contribution is -0.149. The number of pyridine rings is 1. The van der Waals surface area contributed by atoms with Gasteiger partial charge in [-0.2, -0.15) is 4.72 Å². The molecule has 1 aromatic heterocycles. The number of nitrogens with one attached hydrogen (secondary N) is 1. The molecule has 1 aliphatic rings. The summed E-state index contributed by atoms with van der Waals surface area (Å²) in [4.78, 5) is 31.2. The number of ether oxygens (including phenoxy) is 3. The van der Waals surface area contributed by atoms with Crippen LogP contribution >= 0.6 is 0 Å². The summed E-state index contributed by atoms with van der Waals surface area (Å²) in [5, 5.41) is 0.988. The lowest BCUT2D eigenvalue weighted by Gasteiger charge is -2.40. The maximum Gasteiger partial charge on any atom is 0.410 e. The van der Waals surface area contributed by atoms with E-state index in [2.05, 4.69) is 9.71 Å². The summed E-state index contributed by atoms with van der Waals surface area (Å²) in [6.07, 6.45) is -0.434. The number of para-hydroxylation sites is 1. The molecule has 0 saturated carbocycles. The Bertz CT molecular complexity index is 1490. The van der Waals surface area contributed by atoms with Crippen molar-refractivity contribution in [2.75, 3.05) is 20.2 Å². The van der Waals surface area contributed by atoms with Gasteiger partial charge in [0.15, 0.2) is 0 Å². The summed E-state index contributed by atoms with van der Waals surface area (Å²) in [6, 6.07) is 15.8. The fourth-order valence-electron chi connectivity index (χ4n) is 4.65. The lowest BCUT2D eigenvalue weighted by atomic mass is 9.89. The molecule has 10 nitrogen and oxygen atoms in total. The maximum absolute atomic E-state index is 13.3. The van der Waals surface area contributed by atoms with Crippen LogP contribution in [0.1, 0.15) is 44.9 Å². The molecule has 3 aromatic rings. The van der Waals surface area contributed by atoms with Gasteiger partial charge in [-0.1, -0.05) is 18.2 Å². The Hall–Kier alpha value is -3.70. The van der Waals surface area contributed by atoms with E-state index in [1.165, 1.54) is 24.1 Å². The number of amides is 1. The Kier molecular flexibility index (Phi) is 8.36. The molecular weight excluding hydrogens is 534 g/mol. The van der Waals surface area contributed by atoms with Crippen molar-refractivity contribution in [1.29, 1.82) is 0 Å². The van der Waals surface area contributed by atoms with Crippen molar-refractivity contribution in [1.82, 2.24) is 14.6 Å². The monoisotopic (exact) mass is 569 g/mol. The number of fused-ring (bicyclic) bond motifs is 1. The summed E-state index contributed by atoms with van der Waals surface area (Å²) >= 11 is 0. The van der Waals surface area contributed by atoms with Gasteiger partial charge < -0.3 is 19.1 Å². The molecule has 214 valence electrons.